The lowest BCUT2D eigenvalue weighted by atomic mass is 10.0. The van der Waals surface area contributed by atoms with Crippen LogP contribution in [-0.2, 0) is 14.8 Å². The molecule has 0 amide bonds. The fraction of sp³-hybridized carbons (Fsp3) is 0.731. The Morgan fingerprint density at radius 1 is 0.844 bits per heavy atom. The van der Waals surface area contributed by atoms with Gasteiger partial charge in [-0.3, -0.25) is 4.79 Å². The molecule has 1 rings (SSSR count). The number of ketones is 1. The average molecular weight is 468 g/mol. The van der Waals surface area contributed by atoms with Gasteiger partial charge in [-0.05, 0) is 32.4 Å². The number of unbranched alkanes of at least 4 members (excludes halogenated alkanes) is 12. The molecular formula is C26H45NO4S. The third-order valence-electron chi connectivity index (χ3n) is 5.97. The van der Waals surface area contributed by atoms with Crippen molar-refractivity contribution in [3.8, 4) is 0 Å². The zero-order chi connectivity index (χ0) is 23.8. The molecule has 0 radical (unpaired) electrons. The lowest BCUT2D eigenvalue weighted by Gasteiger charge is -2.20. The number of hydrogen-bond donors (Lipinski definition) is 2. The van der Waals surface area contributed by atoms with E-state index in [1.165, 1.54) is 83.3 Å². The number of aryl methyl sites for hydroxylation is 1. The van der Waals surface area contributed by atoms with E-state index in [1.54, 1.807) is 12.1 Å². The Labute approximate surface area is 196 Å². The second-order valence-electron chi connectivity index (χ2n) is 9.11. The van der Waals surface area contributed by atoms with Crippen molar-refractivity contribution in [1.29, 1.82) is 0 Å². The minimum atomic E-state index is -3.85. The van der Waals surface area contributed by atoms with Crippen LogP contribution in [0.3, 0.4) is 0 Å². The minimum Gasteiger partial charge on any atom is -0.391 e. The Balaban J connectivity index is 2.23. The van der Waals surface area contributed by atoms with Gasteiger partial charge < -0.3 is 5.11 Å². The summed E-state index contributed by atoms with van der Waals surface area (Å²) in [6, 6.07) is 5.32. The lowest BCUT2D eigenvalue weighted by Crippen LogP contribution is -2.47. The zero-order valence-corrected chi connectivity index (χ0v) is 21.3. The molecule has 0 saturated heterocycles. The maximum absolute atomic E-state index is 12.6. The van der Waals surface area contributed by atoms with Gasteiger partial charge >= 0.3 is 0 Å². The highest BCUT2D eigenvalue weighted by Gasteiger charge is 2.28. The molecule has 0 aliphatic rings. The van der Waals surface area contributed by atoms with Gasteiger partial charge in [0.05, 0.1) is 11.0 Å². The average Bonchev–Trinajstić information content (AvgIpc) is 2.75. The van der Waals surface area contributed by atoms with E-state index >= 15 is 0 Å². The number of carbonyl (C=O) groups is 1. The maximum Gasteiger partial charge on any atom is 0.241 e. The van der Waals surface area contributed by atoms with Crippen LogP contribution in [-0.4, -0.2) is 31.5 Å². The summed E-state index contributed by atoms with van der Waals surface area (Å²) in [7, 11) is -3.85. The van der Waals surface area contributed by atoms with Gasteiger partial charge in [0.25, 0.3) is 0 Å². The van der Waals surface area contributed by atoms with Gasteiger partial charge in [0, 0.05) is 6.42 Å². The zero-order valence-electron chi connectivity index (χ0n) is 20.4. The number of benzene rings is 1. The molecule has 1 aromatic rings. The normalized spacial score (nSPS) is 13.8. The monoisotopic (exact) mass is 467 g/mol. The number of carbonyl (C=O) groups excluding carboxylic acids is 1. The molecule has 2 N–H and O–H groups in total. The fourth-order valence-corrected chi connectivity index (χ4v) is 5.15. The summed E-state index contributed by atoms with van der Waals surface area (Å²) in [5, 5.41) is 9.99. The van der Waals surface area contributed by atoms with E-state index in [4.69, 9.17) is 0 Å². The second-order valence-corrected chi connectivity index (χ2v) is 10.8. The van der Waals surface area contributed by atoms with Crippen LogP contribution >= 0.6 is 0 Å². The molecule has 0 heterocycles. The molecule has 0 fully saturated rings. The summed E-state index contributed by atoms with van der Waals surface area (Å²) in [4.78, 5) is 12.7. The quantitative estimate of drug-likeness (QED) is 0.242. The van der Waals surface area contributed by atoms with Gasteiger partial charge in [-0.25, -0.2) is 8.42 Å². The van der Waals surface area contributed by atoms with Crippen LogP contribution in [0.4, 0.5) is 0 Å². The van der Waals surface area contributed by atoms with E-state index < -0.39 is 22.2 Å². The molecule has 0 spiro atoms. The molecule has 0 aliphatic heterocycles. The SMILES string of the molecule is CCCCCCCCCCCCCCCC(=O)[C@@H](NS(=O)(=O)c1ccc(C)cc1)[C@@H](C)O. The molecule has 32 heavy (non-hydrogen) atoms. The summed E-state index contributed by atoms with van der Waals surface area (Å²) >= 11 is 0. The fourth-order valence-electron chi connectivity index (χ4n) is 3.86. The number of nitrogens with one attached hydrogen (secondary N) is 1. The van der Waals surface area contributed by atoms with Crippen LogP contribution in [0.25, 0.3) is 0 Å². The molecule has 184 valence electrons. The summed E-state index contributed by atoms with van der Waals surface area (Å²) in [5.74, 6) is -0.251. The Morgan fingerprint density at radius 2 is 1.28 bits per heavy atom. The first-order valence-corrected chi connectivity index (χ1v) is 14.1. The van der Waals surface area contributed by atoms with Crippen LogP contribution in [0.15, 0.2) is 29.2 Å². The van der Waals surface area contributed by atoms with E-state index in [0.29, 0.717) is 0 Å². The number of aliphatic hydroxyl groups excluding tert-OH is 1. The van der Waals surface area contributed by atoms with Gasteiger partial charge in [-0.1, -0.05) is 102 Å². The van der Waals surface area contributed by atoms with Crippen LogP contribution in [0.1, 0.15) is 109 Å². The molecule has 0 aliphatic carbocycles. The Kier molecular flexibility index (Phi) is 14.7. The number of hydrogen-bond acceptors (Lipinski definition) is 4. The third kappa shape index (κ3) is 12.1. The topological polar surface area (TPSA) is 83.5 Å². The minimum absolute atomic E-state index is 0.0995. The van der Waals surface area contributed by atoms with Crippen molar-refractivity contribution >= 4 is 15.8 Å². The van der Waals surface area contributed by atoms with E-state index in [0.717, 1.165) is 24.8 Å². The van der Waals surface area contributed by atoms with Crippen LogP contribution < -0.4 is 4.72 Å². The van der Waals surface area contributed by atoms with Crippen molar-refractivity contribution in [3.05, 3.63) is 29.8 Å². The Bertz CT molecular complexity index is 729. The Hall–Kier alpha value is -1.24. The predicted octanol–water partition coefficient (Wildman–Crippen LogP) is 6.07. The molecule has 0 saturated carbocycles. The van der Waals surface area contributed by atoms with Crippen LogP contribution in [0.2, 0.25) is 0 Å². The van der Waals surface area contributed by atoms with Gasteiger partial charge in [0.2, 0.25) is 10.0 Å². The molecule has 2 atom stereocenters. The number of aliphatic hydroxyl groups is 1. The van der Waals surface area contributed by atoms with Crippen molar-refractivity contribution in [2.45, 2.75) is 128 Å². The first kappa shape index (κ1) is 28.8. The Morgan fingerprint density at radius 3 is 1.72 bits per heavy atom. The van der Waals surface area contributed by atoms with Crippen molar-refractivity contribution in [3.63, 3.8) is 0 Å². The van der Waals surface area contributed by atoms with Gasteiger partial charge in [-0.2, -0.15) is 4.72 Å². The van der Waals surface area contributed by atoms with Crippen LogP contribution in [0.5, 0.6) is 0 Å². The number of Topliss-reactive ketones (excluding diaryl/α,β-unsaturated/α-hetero) is 1. The van der Waals surface area contributed by atoms with Crippen molar-refractivity contribution in [1.82, 2.24) is 4.72 Å². The molecule has 1 aromatic carbocycles. The molecule has 0 aromatic heterocycles. The second kappa shape index (κ2) is 16.4. The molecule has 5 nitrogen and oxygen atoms in total. The van der Waals surface area contributed by atoms with Crippen molar-refractivity contribution in [2.75, 3.05) is 0 Å². The van der Waals surface area contributed by atoms with Crippen LogP contribution in [0, 0.1) is 6.92 Å². The molecule has 0 bridgehead atoms. The first-order chi connectivity index (χ1) is 15.3. The van der Waals surface area contributed by atoms with Crippen molar-refractivity contribution < 1.29 is 18.3 Å². The molecule has 0 unspecified atom stereocenters. The highest BCUT2D eigenvalue weighted by atomic mass is 32.2. The molecular weight excluding hydrogens is 422 g/mol. The highest BCUT2D eigenvalue weighted by Crippen LogP contribution is 2.15. The van der Waals surface area contributed by atoms with Crippen molar-refractivity contribution in [2.24, 2.45) is 0 Å². The summed E-state index contributed by atoms with van der Waals surface area (Å²) < 4.78 is 27.6. The first-order valence-electron chi connectivity index (χ1n) is 12.6. The van der Waals surface area contributed by atoms with E-state index in [9.17, 15) is 18.3 Å². The smallest absolute Gasteiger partial charge is 0.241 e. The van der Waals surface area contributed by atoms with Gasteiger partial charge in [0.1, 0.15) is 6.04 Å². The lowest BCUT2D eigenvalue weighted by molar-refractivity contribution is -0.123. The van der Waals surface area contributed by atoms with E-state index in [2.05, 4.69) is 11.6 Å². The third-order valence-corrected chi connectivity index (χ3v) is 7.43. The van der Waals surface area contributed by atoms with Gasteiger partial charge in [0.15, 0.2) is 5.78 Å². The standard InChI is InChI=1S/C26H45NO4S/c1-4-5-6-7-8-9-10-11-12-13-14-15-16-17-25(29)26(23(3)28)27-32(30,31)24-20-18-22(2)19-21-24/h18-21,23,26-28H,4-17H2,1-3H3/t23-,26+/m1/s1. The summed E-state index contributed by atoms with van der Waals surface area (Å²) in [5.41, 5.74) is 0.953. The van der Waals surface area contributed by atoms with E-state index in [-0.39, 0.29) is 17.1 Å². The summed E-state index contributed by atoms with van der Waals surface area (Å²) in [6.07, 6.45) is 15.1. The predicted molar refractivity (Wildman–Crippen MR) is 132 cm³/mol. The number of rotatable bonds is 19. The van der Waals surface area contributed by atoms with E-state index in [1.807, 2.05) is 6.92 Å². The number of sulfonamides is 1. The highest BCUT2D eigenvalue weighted by molar-refractivity contribution is 7.89. The largest absolute Gasteiger partial charge is 0.391 e. The van der Waals surface area contributed by atoms with Gasteiger partial charge in [-0.15, -0.1) is 0 Å². The molecule has 6 heteroatoms. The summed E-state index contributed by atoms with van der Waals surface area (Å²) in [6.45, 7) is 5.57. The maximum atomic E-state index is 12.6.